The van der Waals surface area contributed by atoms with E-state index >= 15 is 0 Å². The van der Waals surface area contributed by atoms with E-state index < -0.39 is 0 Å². The molecule has 0 aromatic heterocycles. The van der Waals surface area contributed by atoms with Gasteiger partial charge in [-0.1, -0.05) is 31.4 Å². The maximum absolute atomic E-state index is 11.9. The van der Waals surface area contributed by atoms with Gasteiger partial charge in [-0.25, -0.2) is 0 Å². The largest absolute Gasteiger partial charge is 0.295 e. The van der Waals surface area contributed by atoms with Gasteiger partial charge in [-0.2, -0.15) is 0 Å². The zero-order valence-electron chi connectivity index (χ0n) is 9.80. The van der Waals surface area contributed by atoms with Gasteiger partial charge in [-0.3, -0.25) is 4.79 Å². The van der Waals surface area contributed by atoms with Crippen molar-refractivity contribution < 1.29 is 4.79 Å². The maximum atomic E-state index is 11.9. The smallest absolute Gasteiger partial charge is 0.159 e. The van der Waals surface area contributed by atoms with Gasteiger partial charge >= 0.3 is 0 Å². The van der Waals surface area contributed by atoms with Crippen LogP contribution in [0.3, 0.4) is 0 Å². The Labute approximate surface area is 93.3 Å². The molecule has 1 aliphatic rings. The summed E-state index contributed by atoms with van der Waals surface area (Å²) in [6.45, 7) is 5.65. The summed E-state index contributed by atoms with van der Waals surface area (Å²) in [5.41, 5.74) is 1.08. The number of ketones is 1. The highest BCUT2D eigenvalue weighted by molar-refractivity contribution is 5.95. The first-order valence-electron chi connectivity index (χ1n) is 6.10. The second-order valence-corrected chi connectivity index (χ2v) is 4.33. The van der Waals surface area contributed by atoms with Gasteiger partial charge in [0, 0.05) is 6.42 Å². The van der Waals surface area contributed by atoms with E-state index in [-0.39, 0.29) is 0 Å². The summed E-state index contributed by atoms with van der Waals surface area (Å²) in [5, 5.41) is 0. The molecule has 0 aromatic carbocycles. The maximum Gasteiger partial charge on any atom is 0.159 e. The Bertz CT molecular complexity index is 244. The monoisotopic (exact) mass is 206 g/mol. The van der Waals surface area contributed by atoms with Crippen molar-refractivity contribution in [1.29, 1.82) is 0 Å². The van der Waals surface area contributed by atoms with Crippen molar-refractivity contribution >= 4 is 5.78 Å². The van der Waals surface area contributed by atoms with Gasteiger partial charge in [0.25, 0.3) is 0 Å². The van der Waals surface area contributed by atoms with E-state index in [1.807, 2.05) is 19.1 Å². The molecule has 1 rings (SSSR count). The molecule has 0 spiro atoms. The van der Waals surface area contributed by atoms with Crippen LogP contribution >= 0.6 is 0 Å². The van der Waals surface area contributed by atoms with Gasteiger partial charge in [-0.15, -0.1) is 6.58 Å². The fraction of sp³-hybridized carbons (Fsp3) is 0.643. The molecule has 0 heterocycles. The predicted molar refractivity (Wildman–Crippen MR) is 64.8 cm³/mol. The Kier molecular flexibility index (Phi) is 5.38. The Morgan fingerprint density at radius 2 is 2.00 bits per heavy atom. The first-order valence-corrected chi connectivity index (χ1v) is 6.10. The molecule has 1 nitrogen and oxygen atoms in total. The van der Waals surface area contributed by atoms with Crippen molar-refractivity contribution in [3.8, 4) is 0 Å². The topological polar surface area (TPSA) is 17.1 Å². The highest BCUT2D eigenvalue weighted by Gasteiger charge is 2.21. The van der Waals surface area contributed by atoms with Crippen molar-refractivity contribution in [3.63, 3.8) is 0 Å². The number of Topliss-reactive ketones (excluding diaryl/α,β-unsaturated/α-hetero) is 1. The number of carbonyl (C=O) groups is 1. The number of rotatable bonds is 5. The summed E-state index contributed by atoms with van der Waals surface area (Å²) in [4.78, 5) is 11.9. The molecule has 0 aromatic rings. The van der Waals surface area contributed by atoms with E-state index in [0.717, 1.165) is 12.0 Å². The molecular weight excluding hydrogens is 184 g/mol. The van der Waals surface area contributed by atoms with Crippen LogP contribution in [0.2, 0.25) is 0 Å². The summed E-state index contributed by atoms with van der Waals surface area (Å²) in [6, 6.07) is 0. The standard InChI is InChI=1S/C14H22O/c1-3-5-11-14(15)13(4-2)12-9-7-6-8-10-12/h3-4,12H,1,5-11H2,2H3/b13-4-. The highest BCUT2D eigenvalue weighted by atomic mass is 16.1. The molecule has 1 aliphatic carbocycles. The molecule has 0 radical (unpaired) electrons. The minimum absolute atomic E-state index is 0.337. The molecule has 0 N–H and O–H groups in total. The van der Waals surface area contributed by atoms with Crippen LogP contribution in [0.25, 0.3) is 0 Å². The molecule has 1 heteroatoms. The number of carbonyl (C=O) groups excluding carboxylic acids is 1. The van der Waals surface area contributed by atoms with Crippen LogP contribution in [-0.2, 0) is 4.79 Å². The third-order valence-corrected chi connectivity index (χ3v) is 3.25. The van der Waals surface area contributed by atoms with E-state index in [1.165, 1.54) is 32.1 Å². The van der Waals surface area contributed by atoms with Gasteiger partial charge < -0.3 is 0 Å². The lowest BCUT2D eigenvalue weighted by Crippen LogP contribution is -2.16. The Hall–Kier alpha value is -0.850. The minimum Gasteiger partial charge on any atom is -0.295 e. The third kappa shape index (κ3) is 3.65. The molecule has 0 bridgehead atoms. The van der Waals surface area contributed by atoms with E-state index in [4.69, 9.17) is 0 Å². The first kappa shape index (κ1) is 12.2. The second-order valence-electron chi connectivity index (χ2n) is 4.33. The highest BCUT2D eigenvalue weighted by Crippen LogP contribution is 2.30. The zero-order chi connectivity index (χ0) is 11.1. The summed E-state index contributed by atoms with van der Waals surface area (Å²) in [5.74, 6) is 0.880. The molecule has 1 saturated carbocycles. The molecule has 0 amide bonds. The van der Waals surface area contributed by atoms with Crippen molar-refractivity contribution in [2.45, 2.75) is 51.9 Å². The Morgan fingerprint density at radius 3 is 2.53 bits per heavy atom. The second kappa shape index (κ2) is 6.60. The molecule has 1 fully saturated rings. The average Bonchev–Trinajstić information content (AvgIpc) is 2.29. The fourth-order valence-corrected chi connectivity index (χ4v) is 2.42. The number of allylic oxidation sites excluding steroid dienone is 3. The fourth-order valence-electron chi connectivity index (χ4n) is 2.42. The van der Waals surface area contributed by atoms with E-state index in [0.29, 0.717) is 18.1 Å². The zero-order valence-corrected chi connectivity index (χ0v) is 9.80. The lowest BCUT2D eigenvalue weighted by molar-refractivity contribution is -0.116. The quantitative estimate of drug-likeness (QED) is 0.490. The number of hydrogen-bond donors (Lipinski definition) is 0. The molecule has 84 valence electrons. The Balaban J connectivity index is 2.53. The van der Waals surface area contributed by atoms with Crippen LogP contribution in [-0.4, -0.2) is 5.78 Å². The van der Waals surface area contributed by atoms with Crippen molar-refractivity contribution in [2.24, 2.45) is 5.92 Å². The summed E-state index contributed by atoms with van der Waals surface area (Å²) >= 11 is 0. The summed E-state index contributed by atoms with van der Waals surface area (Å²) < 4.78 is 0. The molecular formula is C14H22O. The average molecular weight is 206 g/mol. The molecule has 0 unspecified atom stereocenters. The van der Waals surface area contributed by atoms with Crippen LogP contribution in [0.4, 0.5) is 0 Å². The predicted octanol–water partition coefficient (Wildman–Crippen LogP) is 4.05. The lowest BCUT2D eigenvalue weighted by atomic mass is 9.81. The van der Waals surface area contributed by atoms with Crippen molar-refractivity contribution in [1.82, 2.24) is 0 Å². The van der Waals surface area contributed by atoms with Gasteiger partial charge in [0.2, 0.25) is 0 Å². The van der Waals surface area contributed by atoms with Crippen molar-refractivity contribution in [2.75, 3.05) is 0 Å². The van der Waals surface area contributed by atoms with E-state index in [9.17, 15) is 4.79 Å². The van der Waals surface area contributed by atoms with E-state index in [1.54, 1.807) is 0 Å². The van der Waals surface area contributed by atoms with Crippen LogP contribution in [0.15, 0.2) is 24.3 Å². The SMILES string of the molecule is C=CCCC(=O)/C(=C\C)C1CCCCC1. The molecule has 15 heavy (non-hydrogen) atoms. The van der Waals surface area contributed by atoms with Crippen LogP contribution in [0.5, 0.6) is 0 Å². The Morgan fingerprint density at radius 1 is 1.33 bits per heavy atom. The van der Waals surface area contributed by atoms with E-state index in [2.05, 4.69) is 6.58 Å². The van der Waals surface area contributed by atoms with Crippen LogP contribution in [0.1, 0.15) is 51.9 Å². The minimum atomic E-state index is 0.337. The van der Waals surface area contributed by atoms with Gasteiger partial charge in [0.1, 0.15) is 0 Å². The number of hydrogen-bond acceptors (Lipinski definition) is 1. The molecule has 0 atom stereocenters. The lowest BCUT2D eigenvalue weighted by Gasteiger charge is -2.23. The van der Waals surface area contributed by atoms with Crippen LogP contribution < -0.4 is 0 Å². The summed E-state index contributed by atoms with van der Waals surface area (Å²) in [7, 11) is 0. The summed E-state index contributed by atoms with van der Waals surface area (Å²) in [6.07, 6.45) is 11.6. The molecule has 0 aliphatic heterocycles. The normalized spacial score (nSPS) is 18.9. The third-order valence-electron chi connectivity index (χ3n) is 3.25. The van der Waals surface area contributed by atoms with Gasteiger partial charge in [0.15, 0.2) is 5.78 Å². The van der Waals surface area contributed by atoms with Gasteiger partial charge in [-0.05, 0) is 37.7 Å². The van der Waals surface area contributed by atoms with Gasteiger partial charge in [0.05, 0.1) is 0 Å². The molecule has 0 saturated heterocycles. The van der Waals surface area contributed by atoms with Crippen LogP contribution in [0, 0.1) is 5.92 Å². The first-order chi connectivity index (χ1) is 7.29. The van der Waals surface area contributed by atoms with Crippen molar-refractivity contribution in [3.05, 3.63) is 24.3 Å².